The Hall–Kier alpha value is -0.840. The van der Waals surface area contributed by atoms with E-state index in [0.29, 0.717) is 10.3 Å². The predicted octanol–water partition coefficient (Wildman–Crippen LogP) is 3.44. The quantitative estimate of drug-likeness (QED) is 0.746. The molecule has 0 aromatic carbocycles. The second-order valence-electron chi connectivity index (χ2n) is 4.08. The van der Waals surface area contributed by atoms with Gasteiger partial charge in [0.2, 0.25) is 0 Å². The molecule has 6 heteroatoms. The van der Waals surface area contributed by atoms with E-state index in [1.807, 2.05) is 4.68 Å². The second-order valence-corrected chi connectivity index (χ2v) is 4.82. The van der Waals surface area contributed by atoms with Gasteiger partial charge in [-0.2, -0.15) is 5.10 Å². The molecule has 1 aliphatic heterocycles. The van der Waals surface area contributed by atoms with Crippen LogP contribution in [0.15, 0.2) is 12.3 Å². The summed E-state index contributed by atoms with van der Waals surface area (Å²) in [5.74, 6) is 0. The van der Waals surface area contributed by atoms with Crippen molar-refractivity contribution in [2.24, 2.45) is 0 Å². The van der Waals surface area contributed by atoms with E-state index < -0.39 is 0 Å². The van der Waals surface area contributed by atoms with Gasteiger partial charge in [0.05, 0.1) is 17.1 Å². The summed E-state index contributed by atoms with van der Waals surface area (Å²) in [5.41, 5.74) is 0.877. The third-order valence-corrected chi connectivity index (χ3v) is 3.43. The molecule has 0 amide bonds. The molecular weight excluding hydrogens is 261 g/mol. The van der Waals surface area contributed by atoms with Crippen LogP contribution in [0, 0.1) is 0 Å². The van der Waals surface area contributed by atoms with Crippen LogP contribution in [0.4, 0.5) is 0 Å². The van der Waals surface area contributed by atoms with Crippen LogP contribution < -0.4 is 0 Å². The first-order valence-electron chi connectivity index (χ1n) is 5.56. The first-order chi connectivity index (χ1) is 8.25. The van der Waals surface area contributed by atoms with Crippen LogP contribution >= 0.6 is 23.2 Å². The summed E-state index contributed by atoms with van der Waals surface area (Å²) in [4.78, 5) is 4.00. The summed E-state index contributed by atoms with van der Waals surface area (Å²) < 4.78 is 7.55. The molecule has 0 spiro atoms. The van der Waals surface area contributed by atoms with Crippen molar-refractivity contribution in [3.63, 3.8) is 0 Å². The van der Waals surface area contributed by atoms with Crippen LogP contribution in [-0.2, 0) is 4.74 Å². The smallest absolute Gasteiger partial charge is 0.150 e. The lowest BCUT2D eigenvalue weighted by molar-refractivity contribution is -0.0366. The van der Waals surface area contributed by atoms with Crippen molar-refractivity contribution < 1.29 is 4.74 Å². The van der Waals surface area contributed by atoms with Crippen molar-refractivity contribution in [2.45, 2.75) is 25.5 Å². The molecule has 0 unspecified atom stereocenters. The molecule has 2 aromatic rings. The summed E-state index contributed by atoms with van der Waals surface area (Å²) in [6, 6.07) is 1.77. The average Bonchev–Trinajstić information content (AvgIpc) is 2.74. The van der Waals surface area contributed by atoms with E-state index in [1.165, 1.54) is 0 Å². The van der Waals surface area contributed by atoms with Gasteiger partial charge in [0.15, 0.2) is 6.23 Å². The zero-order valence-corrected chi connectivity index (χ0v) is 10.6. The van der Waals surface area contributed by atoms with Gasteiger partial charge < -0.3 is 4.74 Å². The third-order valence-electron chi connectivity index (χ3n) is 2.95. The van der Waals surface area contributed by atoms with Crippen LogP contribution in [-0.4, -0.2) is 21.4 Å². The van der Waals surface area contributed by atoms with Crippen LogP contribution in [0.5, 0.6) is 0 Å². The maximum Gasteiger partial charge on any atom is 0.150 e. The minimum atomic E-state index is -0.0178. The van der Waals surface area contributed by atoms with E-state index in [2.05, 4.69) is 10.1 Å². The molecule has 1 atom stereocenters. The summed E-state index contributed by atoms with van der Waals surface area (Å²) in [6.07, 6.45) is 4.92. The number of ether oxygens (including phenoxy) is 1. The number of halogens is 2. The Morgan fingerprint density at radius 1 is 1.35 bits per heavy atom. The molecule has 1 saturated heterocycles. The number of fused-ring (bicyclic) bond motifs is 1. The van der Waals surface area contributed by atoms with Crippen molar-refractivity contribution >= 4 is 34.1 Å². The highest BCUT2D eigenvalue weighted by Crippen LogP contribution is 2.29. The second kappa shape index (κ2) is 4.44. The number of nitrogens with zero attached hydrogens (tertiary/aromatic N) is 3. The molecule has 0 radical (unpaired) electrons. The molecule has 0 N–H and O–H groups in total. The standard InChI is InChI=1S/C11H11Cl2N3O/c12-9-5-8-7(11(13)15-9)6-14-16(8)10-3-1-2-4-17-10/h5-6,10H,1-4H2/t10-/m0/s1. The van der Waals surface area contributed by atoms with Gasteiger partial charge in [-0.3, -0.25) is 0 Å². The molecule has 3 rings (SSSR count). The fourth-order valence-corrected chi connectivity index (χ4v) is 2.59. The Bertz CT molecular complexity index is 549. The van der Waals surface area contributed by atoms with E-state index in [9.17, 15) is 0 Å². The van der Waals surface area contributed by atoms with Gasteiger partial charge in [-0.05, 0) is 19.3 Å². The fraction of sp³-hybridized carbons (Fsp3) is 0.455. The van der Waals surface area contributed by atoms with E-state index in [-0.39, 0.29) is 6.23 Å². The molecule has 0 aliphatic carbocycles. The largest absolute Gasteiger partial charge is 0.356 e. The van der Waals surface area contributed by atoms with Gasteiger partial charge >= 0.3 is 0 Å². The molecule has 2 aromatic heterocycles. The first-order valence-corrected chi connectivity index (χ1v) is 6.32. The zero-order valence-electron chi connectivity index (χ0n) is 9.07. The average molecular weight is 272 g/mol. The normalized spacial score (nSPS) is 20.9. The molecule has 4 nitrogen and oxygen atoms in total. The van der Waals surface area contributed by atoms with E-state index in [0.717, 1.165) is 36.8 Å². The maximum atomic E-state index is 6.02. The zero-order chi connectivity index (χ0) is 11.8. The lowest BCUT2D eigenvalue weighted by Crippen LogP contribution is -2.18. The van der Waals surface area contributed by atoms with Crippen molar-refractivity contribution in [1.29, 1.82) is 0 Å². The Morgan fingerprint density at radius 2 is 2.24 bits per heavy atom. The highest BCUT2D eigenvalue weighted by Gasteiger charge is 2.19. The Morgan fingerprint density at radius 3 is 3.00 bits per heavy atom. The topological polar surface area (TPSA) is 39.9 Å². The van der Waals surface area contributed by atoms with E-state index in [4.69, 9.17) is 27.9 Å². The number of aromatic nitrogens is 3. The number of rotatable bonds is 1. The molecule has 3 heterocycles. The van der Waals surface area contributed by atoms with Crippen molar-refractivity contribution in [1.82, 2.24) is 14.8 Å². The van der Waals surface area contributed by atoms with E-state index in [1.54, 1.807) is 12.3 Å². The minimum absolute atomic E-state index is 0.0178. The minimum Gasteiger partial charge on any atom is -0.356 e. The van der Waals surface area contributed by atoms with Gasteiger partial charge in [-0.1, -0.05) is 23.2 Å². The van der Waals surface area contributed by atoms with Crippen molar-refractivity contribution in [3.05, 3.63) is 22.6 Å². The van der Waals surface area contributed by atoms with Crippen molar-refractivity contribution in [3.8, 4) is 0 Å². The number of hydrogen-bond acceptors (Lipinski definition) is 3. The lowest BCUT2D eigenvalue weighted by atomic mass is 10.2. The van der Waals surface area contributed by atoms with Gasteiger partial charge in [-0.15, -0.1) is 0 Å². The summed E-state index contributed by atoms with van der Waals surface area (Å²) in [7, 11) is 0. The highest BCUT2D eigenvalue weighted by molar-refractivity contribution is 6.36. The van der Waals surface area contributed by atoms with Gasteiger partial charge in [-0.25, -0.2) is 9.67 Å². The Kier molecular flexibility index (Phi) is 2.94. The summed E-state index contributed by atoms with van der Waals surface area (Å²) in [5, 5.41) is 5.90. The van der Waals surface area contributed by atoms with Crippen LogP contribution in [0.25, 0.3) is 10.9 Å². The van der Waals surface area contributed by atoms with Gasteiger partial charge in [0.25, 0.3) is 0 Å². The number of hydrogen-bond donors (Lipinski definition) is 0. The molecule has 90 valence electrons. The maximum absolute atomic E-state index is 6.02. The lowest BCUT2D eigenvalue weighted by Gasteiger charge is -2.23. The number of pyridine rings is 1. The molecule has 17 heavy (non-hydrogen) atoms. The van der Waals surface area contributed by atoms with Crippen LogP contribution in [0.3, 0.4) is 0 Å². The highest BCUT2D eigenvalue weighted by atomic mass is 35.5. The summed E-state index contributed by atoms with van der Waals surface area (Å²) >= 11 is 11.9. The fourth-order valence-electron chi connectivity index (χ4n) is 2.12. The molecule has 0 bridgehead atoms. The Labute approximate surface area is 108 Å². The molecule has 1 fully saturated rings. The van der Waals surface area contributed by atoms with Crippen LogP contribution in [0.2, 0.25) is 10.3 Å². The predicted molar refractivity (Wildman–Crippen MR) is 66.4 cm³/mol. The molecular formula is C11H11Cl2N3O. The third kappa shape index (κ3) is 2.01. The van der Waals surface area contributed by atoms with Crippen LogP contribution in [0.1, 0.15) is 25.5 Å². The van der Waals surface area contributed by atoms with Crippen molar-refractivity contribution in [2.75, 3.05) is 6.61 Å². The van der Waals surface area contributed by atoms with Gasteiger partial charge in [0.1, 0.15) is 10.3 Å². The monoisotopic (exact) mass is 271 g/mol. The van der Waals surface area contributed by atoms with Gasteiger partial charge in [0, 0.05) is 12.7 Å². The Balaban J connectivity index is 2.10. The molecule has 1 aliphatic rings. The first kappa shape index (κ1) is 11.3. The SMILES string of the molecule is Clc1cc2c(cnn2[C@@H]2CCCCO2)c(Cl)n1. The molecule has 0 saturated carbocycles. The van der Waals surface area contributed by atoms with E-state index >= 15 is 0 Å². The summed E-state index contributed by atoms with van der Waals surface area (Å²) in [6.45, 7) is 0.776.